The molecule has 1 aliphatic heterocycles. The Kier molecular flexibility index (Phi) is 3.61. The smallest absolute Gasteiger partial charge is 0.237 e. The summed E-state index contributed by atoms with van der Waals surface area (Å²) in [6.45, 7) is 4.06. The second kappa shape index (κ2) is 5.07. The largest absolute Gasteiger partial charge is 0.480 e. The molecule has 2 N–H and O–H groups in total. The summed E-state index contributed by atoms with van der Waals surface area (Å²) in [6, 6.07) is 0. The fourth-order valence-corrected chi connectivity index (χ4v) is 2.25. The molecule has 0 bridgehead atoms. The van der Waals surface area contributed by atoms with Gasteiger partial charge in [0.15, 0.2) is 0 Å². The zero-order valence-electron chi connectivity index (χ0n) is 11.8. The van der Waals surface area contributed by atoms with Gasteiger partial charge in [-0.25, -0.2) is 4.98 Å². The predicted octanol–water partition coefficient (Wildman–Crippen LogP) is 0.0175. The molecule has 20 heavy (non-hydrogen) atoms. The van der Waals surface area contributed by atoms with Gasteiger partial charge in [-0.3, -0.25) is 14.6 Å². The van der Waals surface area contributed by atoms with E-state index >= 15 is 0 Å². The van der Waals surface area contributed by atoms with Gasteiger partial charge >= 0.3 is 0 Å². The molecule has 7 heteroatoms. The van der Waals surface area contributed by atoms with E-state index in [4.69, 9.17) is 10.5 Å². The first kappa shape index (κ1) is 14.2. The first-order valence-corrected chi connectivity index (χ1v) is 6.30. The second-order valence-electron chi connectivity index (χ2n) is 5.32. The van der Waals surface area contributed by atoms with Crippen LogP contribution in [0.2, 0.25) is 0 Å². The normalized spacial score (nSPS) is 22.1. The van der Waals surface area contributed by atoms with Crippen molar-refractivity contribution in [1.29, 1.82) is 0 Å². The molecular formula is C13H18N4O3. The van der Waals surface area contributed by atoms with E-state index in [9.17, 15) is 9.59 Å². The lowest BCUT2D eigenvalue weighted by Crippen LogP contribution is -2.37. The number of likely N-dealkylation sites (tertiary alicyclic amines) is 1. The lowest BCUT2D eigenvalue weighted by atomic mass is 9.89. The van der Waals surface area contributed by atoms with Crippen molar-refractivity contribution >= 4 is 11.8 Å². The zero-order valence-corrected chi connectivity index (χ0v) is 11.8. The number of carbonyl (C=O) groups excluding carboxylic acids is 2. The van der Waals surface area contributed by atoms with Crippen LogP contribution in [-0.4, -0.2) is 40.3 Å². The van der Waals surface area contributed by atoms with Crippen molar-refractivity contribution in [1.82, 2.24) is 14.9 Å². The van der Waals surface area contributed by atoms with Crippen molar-refractivity contribution in [2.24, 2.45) is 11.1 Å². The fourth-order valence-electron chi connectivity index (χ4n) is 2.25. The van der Waals surface area contributed by atoms with Crippen molar-refractivity contribution in [3.63, 3.8) is 0 Å². The van der Waals surface area contributed by atoms with E-state index in [1.807, 2.05) is 6.92 Å². The standard InChI is InChI=1S/C13H18N4O3/c1-8-5-15-9(11(16-8)20-3)6-17-7-13(2,12(14)19)4-10(17)18/h5H,4,6-7H2,1-3H3,(H2,14,19). The van der Waals surface area contributed by atoms with Gasteiger partial charge in [-0.05, 0) is 13.8 Å². The second-order valence-corrected chi connectivity index (χ2v) is 5.32. The van der Waals surface area contributed by atoms with Crippen molar-refractivity contribution in [2.75, 3.05) is 13.7 Å². The van der Waals surface area contributed by atoms with Crippen molar-refractivity contribution in [3.8, 4) is 5.88 Å². The van der Waals surface area contributed by atoms with Gasteiger partial charge in [-0.2, -0.15) is 0 Å². The number of aromatic nitrogens is 2. The van der Waals surface area contributed by atoms with Crippen LogP contribution in [0.3, 0.4) is 0 Å². The van der Waals surface area contributed by atoms with Gasteiger partial charge in [0.2, 0.25) is 17.7 Å². The maximum absolute atomic E-state index is 12.0. The third kappa shape index (κ3) is 2.56. The third-order valence-corrected chi connectivity index (χ3v) is 3.49. The molecule has 1 unspecified atom stereocenters. The molecule has 0 spiro atoms. The summed E-state index contributed by atoms with van der Waals surface area (Å²) >= 11 is 0. The van der Waals surface area contributed by atoms with Crippen LogP contribution in [0.1, 0.15) is 24.7 Å². The van der Waals surface area contributed by atoms with E-state index in [1.165, 1.54) is 7.11 Å². The first-order valence-electron chi connectivity index (χ1n) is 6.30. The molecular weight excluding hydrogens is 260 g/mol. The minimum absolute atomic E-state index is 0.115. The Morgan fingerprint density at radius 2 is 2.30 bits per heavy atom. The minimum atomic E-state index is -0.817. The number of hydrogen-bond donors (Lipinski definition) is 1. The Hall–Kier alpha value is -2.18. The molecule has 2 rings (SSSR count). The number of amides is 2. The molecule has 1 aliphatic rings. The molecule has 7 nitrogen and oxygen atoms in total. The Balaban J connectivity index is 2.19. The highest BCUT2D eigenvalue weighted by atomic mass is 16.5. The van der Waals surface area contributed by atoms with Crippen LogP contribution in [0.15, 0.2) is 6.20 Å². The molecule has 0 aliphatic carbocycles. The number of nitrogens with two attached hydrogens (primary N) is 1. The van der Waals surface area contributed by atoms with E-state index in [0.717, 1.165) is 5.69 Å². The molecule has 0 radical (unpaired) electrons. The highest BCUT2D eigenvalue weighted by Gasteiger charge is 2.44. The van der Waals surface area contributed by atoms with Crippen molar-refractivity contribution < 1.29 is 14.3 Å². The van der Waals surface area contributed by atoms with Gasteiger partial charge in [0.1, 0.15) is 5.69 Å². The molecule has 1 aromatic heterocycles. The number of hydrogen-bond acceptors (Lipinski definition) is 5. The van der Waals surface area contributed by atoms with E-state index < -0.39 is 11.3 Å². The van der Waals surface area contributed by atoms with Crippen LogP contribution in [0.25, 0.3) is 0 Å². The fraction of sp³-hybridized carbons (Fsp3) is 0.538. The van der Waals surface area contributed by atoms with Crippen LogP contribution in [0.5, 0.6) is 5.88 Å². The van der Waals surface area contributed by atoms with Gasteiger partial charge in [-0.1, -0.05) is 0 Å². The number of primary amides is 1. The Morgan fingerprint density at radius 3 is 2.85 bits per heavy atom. The summed E-state index contributed by atoms with van der Waals surface area (Å²) in [7, 11) is 1.51. The summed E-state index contributed by atoms with van der Waals surface area (Å²) in [5.74, 6) is -0.184. The third-order valence-electron chi connectivity index (χ3n) is 3.49. The highest BCUT2D eigenvalue weighted by Crippen LogP contribution is 2.32. The molecule has 2 heterocycles. The van der Waals surface area contributed by atoms with Crippen molar-refractivity contribution in [3.05, 3.63) is 17.6 Å². The Morgan fingerprint density at radius 1 is 1.60 bits per heavy atom. The maximum Gasteiger partial charge on any atom is 0.237 e. The molecule has 1 saturated heterocycles. The van der Waals surface area contributed by atoms with Gasteiger partial charge in [0.25, 0.3) is 0 Å². The van der Waals surface area contributed by atoms with Crippen LogP contribution >= 0.6 is 0 Å². The van der Waals surface area contributed by atoms with E-state index in [2.05, 4.69) is 9.97 Å². The van der Waals surface area contributed by atoms with Crippen molar-refractivity contribution in [2.45, 2.75) is 26.8 Å². The summed E-state index contributed by atoms with van der Waals surface area (Å²) in [5, 5.41) is 0. The average Bonchev–Trinajstić information content (AvgIpc) is 2.68. The molecule has 1 aromatic rings. The predicted molar refractivity (Wildman–Crippen MR) is 70.7 cm³/mol. The van der Waals surface area contributed by atoms with Gasteiger partial charge in [0, 0.05) is 19.2 Å². The minimum Gasteiger partial charge on any atom is -0.480 e. The highest BCUT2D eigenvalue weighted by molar-refractivity contribution is 5.91. The van der Waals surface area contributed by atoms with Gasteiger partial charge in [-0.15, -0.1) is 0 Å². The monoisotopic (exact) mass is 278 g/mol. The van der Waals surface area contributed by atoms with Crippen LogP contribution in [0.4, 0.5) is 0 Å². The lowest BCUT2D eigenvalue weighted by molar-refractivity contribution is -0.130. The number of rotatable bonds is 4. The molecule has 1 fully saturated rings. The summed E-state index contributed by atoms with van der Waals surface area (Å²) in [6.07, 6.45) is 1.75. The summed E-state index contributed by atoms with van der Waals surface area (Å²) in [5.41, 5.74) is 5.84. The number of methoxy groups -OCH3 is 1. The first-order chi connectivity index (χ1) is 9.35. The van der Waals surface area contributed by atoms with E-state index in [1.54, 1.807) is 18.0 Å². The Bertz CT molecular complexity index is 561. The Labute approximate surface area is 117 Å². The number of nitrogens with zero attached hydrogens (tertiary/aromatic N) is 3. The number of ether oxygens (including phenoxy) is 1. The zero-order chi connectivity index (χ0) is 14.9. The SMILES string of the molecule is COc1nc(C)cnc1CN1CC(C)(C(N)=O)CC1=O. The topological polar surface area (TPSA) is 98.4 Å². The average molecular weight is 278 g/mol. The summed E-state index contributed by atoms with van der Waals surface area (Å²) in [4.78, 5) is 33.4. The number of aryl methyl sites for hydroxylation is 1. The molecule has 108 valence electrons. The molecule has 1 atom stereocenters. The summed E-state index contributed by atoms with van der Waals surface area (Å²) < 4.78 is 5.17. The molecule has 0 saturated carbocycles. The maximum atomic E-state index is 12.0. The van der Waals surface area contributed by atoms with Crippen LogP contribution in [-0.2, 0) is 16.1 Å². The van der Waals surface area contributed by atoms with Crippen LogP contribution < -0.4 is 10.5 Å². The lowest BCUT2D eigenvalue weighted by Gasteiger charge is -2.20. The van der Waals surface area contributed by atoms with Gasteiger partial charge in [0.05, 0.1) is 24.8 Å². The molecule has 0 aromatic carbocycles. The molecule has 2 amide bonds. The van der Waals surface area contributed by atoms with Crippen LogP contribution in [0, 0.1) is 12.3 Å². The van der Waals surface area contributed by atoms with E-state index in [0.29, 0.717) is 18.1 Å². The van der Waals surface area contributed by atoms with Gasteiger partial charge < -0.3 is 15.4 Å². The number of carbonyl (C=O) groups is 2. The van der Waals surface area contributed by atoms with E-state index in [-0.39, 0.29) is 18.9 Å². The quantitative estimate of drug-likeness (QED) is 0.837.